The Balaban J connectivity index is 1.89. The van der Waals surface area contributed by atoms with E-state index >= 15 is 0 Å². The fourth-order valence-corrected chi connectivity index (χ4v) is 3.33. The molecule has 0 spiro atoms. The number of aryl methyl sites for hydroxylation is 2. The fourth-order valence-electron chi connectivity index (χ4n) is 2.49. The van der Waals surface area contributed by atoms with E-state index in [0.29, 0.717) is 21.6 Å². The highest BCUT2D eigenvalue weighted by molar-refractivity contribution is 8.18. The molecule has 0 aliphatic carbocycles. The Morgan fingerprint density at radius 1 is 1.04 bits per heavy atom. The quantitative estimate of drug-likeness (QED) is 0.821. The molecular weight excluding hydrogens is 348 g/mol. The van der Waals surface area contributed by atoms with Crippen molar-refractivity contribution in [3.63, 3.8) is 0 Å². The largest absolute Gasteiger partial charge is 0.497 e. The lowest BCUT2D eigenvalue weighted by atomic mass is 10.1. The fraction of sp³-hybridized carbons (Fsp3) is 0.200. The van der Waals surface area contributed by atoms with Crippen LogP contribution in [0.5, 0.6) is 11.5 Å². The van der Waals surface area contributed by atoms with E-state index in [9.17, 15) is 4.79 Å². The minimum Gasteiger partial charge on any atom is -0.497 e. The van der Waals surface area contributed by atoms with Gasteiger partial charge in [-0.25, -0.2) is 4.99 Å². The van der Waals surface area contributed by atoms with Crippen LogP contribution in [0.2, 0.25) is 0 Å². The van der Waals surface area contributed by atoms with Crippen LogP contribution in [-0.2, 0) is 4.79 Å². The second-order valence-corrected chi connectivity index (χ2v) is 6.95. The van der Waals surface area contributed by atoms with Gasteiger partial charge in [0, 0.05) is 6.07 Å². The number of amides is 1. The minimum atomic E-state index is -0.166. The van der Waals surface area contributed by atoms with Gasteiger partial charge in [0.15, 0.2) is 5.17 Å². The number of carbonyl (C=O) groups excluding carboxylic acids is 1. The summed E-state index contributed by atoms with van der Waals surface area (Å²) in [6, 6.07) is 11.6. The maximum Gasteiger partial charge on any atom is 0.264 e. The van der Waals surface area contributed by atoms with E-state index in [1.54, 1.807) is 26.4 Å². The summed E-state index contributed by atoms with van der Waals surface area (Å²) in [5, 5.41) is 3.39. The first kappa shape index (κ1) is 18.1. The first-order valence-corrected chi connectivity index (χ1v) is 8.90. The van der Waals surface area contributed by atoms with Crippen molar-refractivity contribution >= 4 is 34.6 Å². The number of hydrogen-bond acceptors (Lipinski definition) is 5. The molecule has 1 aliphatic rings. The summed E-state index contributed by atoms with van der Waals surface area (Å²) in [4.78, 5) is 17.5. The van der Waals surface area contributed by atoms with Crippen molar-refractivity contribution < 1.29 is 14.3 Å². The Hall–Kier alpha value is -2.73. The Bertz CT molecular complexity index is 897. The summed E-state index contributed by atoms with van der Waals surface area (Å²) in [6.45, 7) is 4.02. The highest BCUT2D eigenvalue weighted by Gasteiger charge is 2.24. The zero-order valence-corrected chi connectivity index (χ0v) is 15.9. The van der Waals surface area contributed by atoms with Crippen molar-refractivity contribution in [3.8, 4) is 11.5 Å². The normalized spacial score (nSPS) is 16.8. The number of nitrogens with zero attached hydrogens (tertiary/aromatic N) is 1. The second kappa shape index (κ2) is 7.66. The average Bonchev–Trinajstić information content (AvgIpc) is 2.96. The van der Waals surface area contributed by atoms with Gasteiger partial charge >= 0.3 is 0 Å². The molecule has 1 heterocycles. The van der Waals surface area contributed by atoms with Gasteiger partial charge in [0.05, 0.1) is 24.8 Å². The zero-order chi connectivity index (χ0) is 18.7. The molecule has 1 N–H and O–H groups in total. The van der Waals surface area contributed by atoms with Gasteiger partial charge in [0.1, 0.15) is 11.5 Å². The van der Waals surface area contributed by atoms with Gasteiger partial charge in [0.25, 0.3) is 5.91 Å². The molecule has 3 rings (SSSR count). The molecule has 26 heavy (non-hydrogen) atoms. The number of aliphatic imine (C=N–C) groups is 1. The number of methoxy groups -OCH3 is 2. The van der Waals surface area contributed by atoms with Crippen LogP contribution >= 0.6 is 11.8 Å². The molecule has 0 saturated carbocycles. The predicted molar refractivity (Wildman–Crippen MR) is 106 cm³/mol. The van der Waals surface area contributed by atoms with E-state index in [0.717, 1.165) is 22.4 Å². The van der Waals surface area contributed by atoms with Crippen LogP contribution in [0.25, 0.3) is 6.08 Å². The third kappa shape index (κ3) is 4.08. The third-order valence-corrected chi connectivity index (χ3v) is 4.82. The van der Waals surface area contributed by atoms with E-state index in [2.05, 4.69) is 10.3 Å². The van der Waals surface area contributed by atoms with Gasteiger partial charge in [-0.05, 0) is 66.6 Å². The van der Waals surface area contributed by atoms with Crippen molar-refractivity contribution in [2.75, 3.05) is 14.2 Å². The summed E-state index contributed by atoms with van der Waals surface area (Å²) in [5.74, 6) is 1.17. The lowest BCUT2D eigenvalue weighted by molar-refractivity contribution is -0.115. The maximum absolute atomic E-state index is 12.3. The van der Waals surface area contributed by atoms with Crippen molar-refractivity contribution in [3.05, 3.63) is 58.0 Å². The van der Waals surface area contributed by atoms with Crippen LogP contribution in [0.4, 0.5) is 5.69 Å². The van der Waals surface area contributed by atoms with Crippen LogP contribution in [0.15, 0.2) is 46.3 Å². The molecule has 134 valence electrons. The SMILES string of the molecule is COc1cc(/C=C2/SC(=Nc3cc(C)ccc3C)NC2=O)cc(OC)c1. The smallest absolute Gasteiger partial charge is 0.264 e. The molecule has 0 atom stereocenters. The highest BCUT2D eigenvalue weighted by atomic mass is 32.2. The number of carbonyl (C=O) groups is 1. The molecule has 0 unspecified atom stereocenters. The Labute approximate surface area is 157 Å². The minimum absolute atomic E-state index is 0.166. The summed E-state index contributed by atoms with van der Waals surface area (Å²) < 4.78 is 10.5. The van der Waals surface area contributed by atoms with Crippen LogP contribution in [-0.4, -0.2) is 25.3 Å². The van der Waals surface area contributed by atoms with Gasteiger partial charge in [-0.1, -0.05) is 12.1 Å². The summed E-state index contributed by atoms with van der Waals surface area (Å²) in [5.41, 5.74) is 3.88. The number of rotatable bonds is 4. The molecule has 1 amide bonds. The average molecular weight is 368 g/mol. The summed E-state index contributed by atoms with van der Waals surface area (Å²) >= 11 is 1.32. The van der Waals surface area contributed by atoms with Gasteiger partial charge in [0.2, 0.25) is 0 Å². The summed E-state index contributed by atoms with van der Waals surface area (Å²) in [7, 11) is 3.19. The summed E-state index contributed by atoms with van der Waals surface area (Å²) in [6.07, 6.45) is 1.80. The zero-order valence-electron chi connectivity index (χ0n) is 15.1. The Kier molecular flexibility index (Phi) is 5.32. The third-order valence-electron chi connectivity index (χ3n) is 3.91. The van der Waals surface area contributed by atoms with Gasteiger partial charge in [-0.2, -0.15) is 0 Å². The molecule has 0 aromatic heterocycles. The van der Waals surface area contributed by atoms with Crippen molar-refractivity contribution in [1.29, 1.82) is 0 Å². The number of amidine groups is 1. The standard InChI is InChI=1S/C20H20N2O3S/c1-12-5-6-13(2)17(7-12)21-20-22-19(23)18(26-20)10-14-8-15(24-3)11-16(9-14)25-4/h5-11H,1-4H3,(H,21,22,23)/b18-10+. The van der Waals surface area contributed by atoms with E-state index < -0.39 is 0 Å². The van der Waals surface area contributed by atoms with Crippen molar-refractivity contribution in [2.24, 2.45) is 4.99 Å². The van der Waals surface area contributed by atoms with Gasteiger partial charge < -0.3 is 14.8 Å². The van der Waals surface area contributed by atoms with E-state index in [-0.39, 0.29) is 5.91 Å². The first-order valence-electron chi connectivity index (χ1n) is 8.08. The molecule has 1 fully saturated rings. The van der Waals surface area contributed by atoms with Crippen LogP contribution in [0.3, 0.4) is 0 Å². The van der Waals surface area contributed by atoms with Gasteiger partial charge in [-0.3, -0.25) is 4.79 Å². The molecule has 1 saturated heterocycles. The van der Waals surface area contributed by atoms with Crippen molar-refractivity contribution in [1.82, 2.24) is 5.32 Å². The lowest BCUT2D eigenvalue weighted by Crippen LogP contribution is -2.19. The molecule has 2 aromatic carbocycles. The molecule has 5 nitrogen and oxygen atoms in total. The van der Waals surface area contributed by atoms with E-state index in [1.165, 1.54) is 11.8 Å². The van der Waals surface area contributed by atoms with Crippen LogP contribution in [0.1, 0.15) is 16.7 Å². The topological polar surface area (TPSA) is 59.9 Å². The molecule has 0 radical (unpaired) electrons. The Morgan fingerprint density at radius 3 is 2.38 bits per heavy atom. The van der Waals surface area contributed by atoms with Gasteiger partial charge in [-0.15, -0.1) is 0 Å². The molecule has 2 aromatic rings. The number of nitrogens with one attached hydrogen (secondary N) is 1. The first-order chi connectivity index (χ1) is 12.5. The Morgan fingerprint density at radius 2 is 1.73 bits per heavy atom. The second-order valence-electron chi connectivity index (χ2n) is 5.92. The molecule has 0 bridgehead atoms. The lowest BCUT2D eigenvalue weighted by Gasteiger charge is -2.06. The van der Waals surface area contributed by atoms with Crippen LogP contribution < -0.4 is 14.8 Å². The highest BCUT2D eigenvalue weighted by Crippen LogP contribution is 2.31. The maximum atomic E-state index is 12.3. The number of benzene rings is 2. The predicted octanol–water partition coefficient (Wildman–Crippen LogP) is 4.21. The number of thioether (sulfide) groups is 1. The van der Waals surface area contributed by atoms with Crippen molar-refractivity contribution in [2.45, 2.75) is 13.8 Å². The van der Waals surface area contributed by atoms with E-state index in [1.807, 2.05) is 44.2 Å². The number of hydrogen-bond donors (Lipinski definition) is 1. The molecule has 6 heteroatoms. The molecule has 1 aliphatic heterocycles. The number of ether oxygens (including phenoxy) is 2. The monoisotopic (exact) mass is 368 g/mol. The molecular formula is C20H20N2O3S. The van der Waals surface area contributed by atoms with E-state index in [4.69, 9.17) is 9.47 Å². The van der Waals surface area contributed by atoms with Crippen LogP contribution in [0, 0.1) is 13.8 Å².